The van der Waals surface area contributed by atoms with Crippen molar-refractivity contribution in [1.82, 2.24) is 24.9 Å². The first-order valence-electron chi connectivity index (χ1n) is 11.7. The molecule has 5 heterocycles. The van der Waals surface area contributed by atoms with Gasteiger partial charge in [0.25, 0.3) is 5.91 Å². The van der Waals surface area contributed by atoms with E-state index in [0.717, 1.165) is 19.4 Å². The van der Waals surface area contributed by atoms with Gasteiger partial charge in [-0.15, -0.1) is 0 Å². The van der Waals surface area contributed by atoms with Gasteiger partial charge >= 0.3 is 0 Å². The van der Waals surface area contributed by atoms with E-state index in [1.807, 2.05) is 0 Å². The Morgan fingerprint density at radius 3 is 2.86 bits per heavy atom. The van der Waals surface area contributed by atoms with E-state index in [0.29, 0.717) is 48.2 Å². The molecule has 3 aromatic heterocycles. The molecule has 2 saturated heterocycles. The van der Waals surface area contributed by atoms with Crippen molar-refractivity contribution >= 4 is 40.7 Å². The summed E-state index contributed by atoms with van der Waals surface area (Å²) in [5, 5.41) is 13.4. The summed E-state index contributed by atoms with van der Waals surface area (Å²) in [7, 11) is 1.73. The third-order valence-corrected chi connectivity index (χ3v) is 6.89. The molecule has 3 aromatic rings. The number of ether oxygens (including phenoxy) is 1. The molecule has 35 heavy (non-hydrogen) atoms. The van der Waals surface area contributed by atoms with Crippen molar-refractivity contribution < 1.29 is 18.7 Å². The van der Waals surface area contributed by atoms with E-state index in [-0.39, 0.29) is 35.6 Å². The van der Waals surface area contributed by atoms with Crippen LogP contribution >= 0.6 is 0 Å². The summed E-state index contributed by atoms with van der Waals surface area (Å²) in [5.41, 5.74) is 0.661. The summed E-state index contributed by atoms with van der Waals surface area (Å²) in [6, 6.07) is 4.13. The number of carbonyl (C=O) groups excluding carboxylic acids is 2. The van der Waals surface area contributed by atoms with Crippen LogP contribution in [0.2, 0.25) is 0 Å². The van der Waals surface area contributed by atoms with E-state index in [4.69, 9.17) is 4.74 Å². The average molecular weight is 481 g/mol. The number of nitrogens with zero attached hydrogens (tertiary/aromatic N) is 5. The van der Waals surface area contributed by atoms with Crippen molar-refractivity contribution in [2.45, 2.75) is 37.8 Å². The normalized spacial score (nSPS) is 23.3. The predicted octanol–water partition coefficient (Wildman–Crippen LogP) is 2.08. The van der Waals surface area contributed by atoms with Gasteiger partial charge in [-0.05, 0) is 25.2 Å². The van der Waals surface area contributed by atoms with Gasteiger partial charge in [0.15, 0.2) is 5.65 Å². The summed E-state index contributed by atoms with van der Waals surface area (Å²) in [6.45, 7) is 1.24. The van der Waals surface area contributed by atoms with Crippen molar-refractivity contribution in [3.05, 3.63) is 35.8 Å². The van der Waals surface area contributed by atoms with Crippen LogP contribution in [0.4, 0.5) is 27.7 Å². The molecule has 1 aliphatic carbocycles. The molecule has 0 bridgehead atoms. The zero-order valence-electron chi connectivity index (χ0n) is 19.1. The minimum atomic E-state index is -0.524. The van der Waals surface area contributed by atoms with E-state index in [2.05, 4.69) is 31.0 Å². The molecule has 3 aliphatic rings. The van der Waals surface area contributed by atoms with Crippen molar-refractivity contribution in [2.24, 2.45) is 5.92 Å². The molecule has 182 valence electrons. The number of nitrogens with one attached hydrogen (secondary N) is 3. The fourth-order valence-electron chi connectivity index (χ4n) is 5.08. The number of amides is 2. The first-order valence-corrected chi connectivity index (χ1v) is 11.7. The van der Waals surface area contributed by atoms with Crippen LogP contribution in [0.5, 0.6) is 0 Å². The maximum atomic E-state index is 14.4. The van der Waals surface area contributed by atoms with Gasteiger partial charge in [-0.2, -0.15) is 9.61 Å². The largest absolute Gasteiger partial charge is 0.376 e. The standard InChI is InChI=1S/C23H25FN8O3/c1-25-18-10-17(28-16-8-13(24)9-19(29-16)31-5-2-3-20(31)33)30-22-14(11-26-32(18)22)23(34)27-15-7-12-4-6-35-21(12)15/h8-12,15,21,25H,2-7H2,1H3,(H,27,34)(H,28,29,30)/t12-,15-,21-/m1/s1. The summed E-state index contributed by atoms with van der Waals surface area (Å²) in [4.78, 5) is 35.6. The Bertz CT molecular complexity index is 1330. The third-order valence-electron chi connectivity index (χ3n) is 6.89. The van der Waals surface area contributed by atoms with Crippen LogP contribution in [-0.4, -0.2) is 63.7 Å². The summed E-state index contributed by atoms with van der Waals surface area (Å²) in [6.07, 6.45) is 4.64. The number of hydrogen-bond acceptors (Lipinski definition) is 8. The molecule has 1 saturated carbocycles. The van der Waals surface area contributed by atoms with E-state index in [1.165, 1.54) is 27.7 Å². The second-order valence-corrected chi connectivity index (χ2v) is 9.07. The third kappa shape index (κ3) is 3.83. The molecule has 0 unspecified atom stereocenters. The lowest BCUT2D eigenvalue weighted by molar-refractivity contribution is -0.117. The Morgan fingerprint density at radius 2 is 2.09 bits per heavy atom. The molecule has 3 N–H and O–H groups in total. The van der Waals surface area contributed by atoms with Crippen LogP contribution in [0.1, 0.15) is 36.0 Å². The van der Waals surface area contributed by atoms with Crippen LogP contribution in [0.15, 0.2) is 24.4 Å². The molecular weight excluding hydrogens is 455 g/mol. The Balaban J connectivity index is 1.29. The zero-order valence-corrected chi connectivity index (χ0v) is 19.1. The van der Waals surface area contributed by atoms with Crippen LogP contribution in [-0.2, 0) is 9.53 Å². The molecule has 3 fully saturated rings. The van der Waals surface area contributed by atoms with Gasteiger partial charge in [-0.1, -0.05) is 0 Å². The maximum Gasteiger partial charge on any atom is 0.257 e. The zero-order chi connectivity index (χ0) is 24.1. The highest BCUT2D eigenvalue weighted by molar-refractivity contribution is 6.00. The number of rotatable bonds is 6. The number of pyridine rings is 1. The molecule has 3 atom stereocenters. The SMILES string of the molecule is CNc1cc(Nc2cc(F)cc(N3CCCC3=O)n2)nc2c(C(=O)N[C@@H]3C[C@H]4CCO[C@H]43)cnn12. The topological polar surface area (TPSA) is 126 Å². The van der Waals surface area contributed by atoms with Crippen LogP contribution in [0, 0.1) is 11.7 Å². The Kier molecular flexibility index (Phi) is 5.24. The van der Waals surface area contributed by atoms with E-state index >= 15 is 0 Å². The van der Waals surface area contributed by atoms with E-state index < -0.39 is 5.82 Å². The Labute approximate surface area is 200 Å². The fraction of sp³-hybridized carbons (Fsp3) is 0.435. The first kappa shape index (κ1) is 21.7. The van der Waals surface area contributed by atoms with Gasteiger partial charge in [0.05, 0.1) is 18.3 Å². The summed E-state index contributed by atoms with van der Waals surface area (Å²) >= 11 is 0. The van der Waals surface area contributed by atoms with E-state index in [1.54, 1.807) is 13.1 Å². The number of halogens is 1. The lowest BCUT2D eigenvalue weighted by Crippen LogP contribution is -2.54. The lowest BCUT2D eigenvalue weighted by atomic mass is 9.77. The summed E-state index contributed by atoms with van der Waals surface area (Å²) in [5.74, 6) is 1.01. The van der Waals surface area contributed by atoms with Gasteiger partial charge in [0.1, 0.15) is 34.7 Å². The highest BCUT2D eigenvalue weighted by Gasteiger charge is 2.46. The maximum absolute atomic E-state index is 14.4. The van der Waals surface area contributed by atoms with Crippen LogP contribution in [0.3, 0.4) is 0 Å². The van der Waals surface area contributed by atoms with Gasteiger partial charge in [-0.25, -0.2) is 14.4 Å². The van der Waals surface area contributed by atoms with Crippen LogP contribution in [0.25, 0.3) is 5.65 Å². The monoisotopic (exact) mass is 480 g/mol. The van der Waals surface area contributed by atoms with Crippen molar-refractivity contribution in [3.8, 4) is 0 Å². The number of aromatic nitrogens is 4. The number of anilines is 4. The molecule has 0 spiro atoms. The fourth-order valence-corrected chi connectivity index (χ4v) is 5.08. The molecule has 11 nitrogen and oxygen atoms in total. The quantitative estimate of drug-likeness (QED) is 0.490. The van der Waals surface area contributed by atoms with E-state index in [9.17, 15) is 14.0 Å². The minimum absolute atomic E-state index is 0.0155. The van der Waals surface area contributed by atoms with Gasteiger partial charge in [0, 0.05) is 44.8 Å². The second kappa shape index (κ2) is 8.45. The van der Waals surface area contributed by atoms with Gasteiger partial charge < -0.3 is 20.7 Å². The molecule has 2 aliphatic heterocycles. The highest BCUT2D eigenvalue weighted by Crippen LogP contribution is 2.38. The highest BCUT2D eigenvalue weighted by atomic mass is 19.1. The van der Waals surface area contributed by atoms with Gasteiger partial charge in [0.2, 0.25) is 5.91 Å². The minimum Gasteiger partial charge on any atom is -0.376 e. The molecule has 0 aromatic carbocycles. The molecule has 12 heteroatoms. The average Bonchev–Trinajstić information content (AvgIpc) is 3.54. The first-order chi connectivity index (χ1) is 17.0. The lowest BCUT2D eigenvalue weighted by Gasteiger charge is -2.39. The summed E-state index contributed by atoms with van der Waals surface area (Å²) < 4.78 is 21.6. The number of fused-ring (bicyclic) bond motifs is 2. The van der Waals surface area contributed by atoms with Crippen LogP contribution < -0.4 is 20.9 Å². The smallest absolute Gasteiger partial charge is 0.257 e. The second-order valence-electron chi connectivity index (χ2n) is 9.07. The predicted molar refractivity (Wildman–Crippen MR) is 125 cm³/mol. The Morgan fingerprint density at radius 1 is 1.23 bits per heavy atom. The van der Waals surface area contributed by atoms with Gasteiger partial charge in [-0.3, -0.25) is 14.5 Å². The van der Waals surface area contributed by atoms with Crippen molar-refractivity contribution in [1.29, 1.82) is 0 Å². The number of carbonyl (C=O) groups is 2. The van der Waals surface area contributed by atoms with Crippen molar-refractivity contribution in [3.63, 3.8) is 0 Å². The molecule has 0 radical (unpaired) electrons. The Hall–Kier alpha value is -3.80. The molecule has 2 amide bonds. The molecular formula is C23H25FN8O3. The number of hydrogen-bond donors (Lipinski definition) is 3. The van der Waals surface area contributed by atoms with Crippen molar-refractivity contribution in [2.75, 3.05) is 35.7 Å². The molecule has 6 rings (SSSR count).